The summed E-state index contributed by atoms with van der Waals surface area (Å²) in [5, 5.41) is 0. The maximum atomic E-state index is 12.6. The maximum Gasteiger partial charge on any atom is 0.270 e. The molecule has 4 rings (SSSR count). The molecular formula is C21H25N3O3. The van der Waals surface area contributed by atoms with Gasteiger partial charge in [0, 0.05) is 44.2 Å². The van der Waals surface area contributed by atoms with Gasteiger partial charge in [-0.3, -0.25) is 9.59 Å². The fourth-order valence-corrected chi connectivity index (χ4v) is 4.27. The van der Waals surface area contributed by atoms with Crippen LogP contribution in [0.15, 0.2) is 42.6 Å². The second kappa shape index (κ2) is 7.10. The number of hydrogen-bond donors (Lipinski definition) is 1. The number of amides is 2. The zero-order valence-electron chi connectivity index (χ0n) is 15.6. The molecule has 2 fully saturated rings. The highest BCUT2D eigenvalue weighted by atomic mass is 16.5. The fraction of sp³-hybridized carbons (Fsp3) is 0.429. The van der Waals surface area contributed by atoms with Gasteiger partial charge in [-0.1, -0.05) is 12.1 Å². The zero-order valence-corrected chi connectivity index (χ0v) is 15.6. The molecular weight excluding hydrogens is 342 g/mol. The Hall–Kier alpha value is -2.76. The van der Waals surface area contributed by atoms with E-state index in [0.717, 1.165) is 30.7 Å². The molecule has 6 nitrogen and oxygen atoms in total. The van der Waals surface area contributed by atoms with Crippen LogP contribution in [0.3, 0.4) is 0 Å². The number of aromatic nitrogens is 1. The van der Waals surface area contributed by atoms with Gasteiger partial charge in [0.2, 0.25) is 5.91 Å². The van der Waals surface area contributed by atoms with Gasteiger partial charge < -0.3 is 19.5 Å². The molecule has 27 heavy (non-hydrogen) atoms. The van der Waals surface area contributed by atoms with E-state index in [9.17, 15) is 9.59 Å². The van der Waals surface area contributed by atoms with Gasteiger partial charge >= 0.3 is 0 Å². The van der Waals surface area contributed by atoms with E-state index in [1.807, 2.05) is 46.2 Å². The molecule has 0 bridgehead atoms. The van der Waals surface area contributed by atoms with E-state index >= 15 is 0 Å². The van der Waals surface area contributed by atoms with Crippen molar-refractivity contribution in [2.75, 3.05) is 26.7 Å². The van der Waals surface area contributed by atoms with Crippen molar-refractivity contribution in [3.05, 3.63) is 53.9 Å². The Labute approximate surface area is 159 Å². The molecule has 6 heteroatoms. The molecule has 0 saturated carbocycles. The highest BCUT2D eigenvalue weighted by Gasteiger charge is 2.45. The molecule has 0 aliphatic carbocycles. The normalized spacial score (nSPS) is 18.9. The van der Waals surface area contributed by atoms with Crippen LogP contribution in [0.25, 0.3) is 0 Å². The lowest BCUT2D eigenvalue weighted by molar-refractivity contribution is -0.128. The quantitative estimate of drug-likeness (QED) is 0.904. The molecule has 2 saturated heterocycles. The molecule has 0 atom stereocenters. The van der Waals surface area contributed by atoms with Crippen LogP contribution in [0.1, 0.15) is 35.3 Å². The van der Waals surface area contributed by atoms with E-state index in [1.165, 1.54) is 0 Å². The summed E-state index contributed by atoms with van der Waals surface area (Å²) in [6, 6.07) is 11.5. The number of methoxy groups -OCH3 is 1. The Bertz CT molecular complexity index is 823. The minimum atomic E-state index is 0.00245. The summed E-state index contributed by atoms with van der Waals surface area (Å²) in [5.74, 6) is 1.07. The van der Waals surface area contributed by atoms with Crippen molar-refractivity contribution in [2.24, 2.45) is 5.41 Å². The SMILES string of the molecule is COc1cccc(CN2CC3(CCN(C(=O)c4ccc[nH]4)CC3)CC2=O)c1. The Balaban J connectivity index is 1.38. The average molecular weight is 367 g/mol. The number of nitrogens with one attached hydrogen (secondary N) is 1. The summed E-state index contributed by atoms with van der Waals surface area (Å²) < 4.78 is 5.28. The Morgan fingerprint density at radius 2 is 2.04 bits per heavy atom. The molecule has 1 spiro atoms. The van der Waals surface area contributed by atoms with E-state index in [-0.39, 0.29) is 17.2 Å². The number of hydrogen-bond acceptors (Lipinski definition) is 3. The lowest BCUT2D eigenvalue weighted by atomic mass is 9.77. The monoisotopic (exact) mass is 367 g/mol. The van der Waals surface area contributed by atoms with Crippen molar-refractivity contribution < 1.29 is 14.3 Å². The number of piperidine rings is 1. The van der Waals surface area contributed by atoms with Gasteiger partial charge in [0.05, 0.1) is 7.11 Å². The van der Waals surface area contributed by atoms with Crippen LogP contribution in [0.4, 0.5) is 0 Å². The smallest absolute Gasteiger partial charge is 0.270 e. The first-order valence-corrected chi connectivity index (χ1v) is 9.42. The van der Waals surface area contributed by atoms with Crippen LogP contribution < -0.4 is 4.74 Å². The number of carbonyl (C=O) groups is 2. The van der Waals surface area contributed by atoms with Crippen molar-refractivity contribution in [3.8, 4) is 5.75 Å². The molecule has 142 valence electrons. The minimum Gasteiger partial charge on any atom is -0.497 e. The molecule has 1 aromatic carbocycles. The van der Waals surface area contributed by atoms with E-state index in [1.54, 1.807) is 13.3 Å². The number of ether oxygens (including phenoxy) is 1. The summed E-state index contributed by atoms with van der Waals surface area (Å²) in [6.07, 6.45) is 4.10. The summed E-state index contributed by atoms with van der Waals surface area (Å²) >= 11 is 0. The van der Waals surface area contributed by atoms with Crippen LogP contribution in [0.5, 0.6) is 5.75 Å². The third-order valence-corrected chi connectivity index (χ3v) is 5.85. The van der Waals surface area contributed by atoms with Crippen molar-refractivity contribution in [1.82, 2.24) is 14.8 Å². The average Bonchev–Trinajstić information content (AvgIpc) is 3.31. The van der Waals surface area contributed by atoms with Crippen molar-refractivity contribution >= 4 is 11.8 Å². The van der Waals surface area contributed by atoms with Gasteiger partial charge in [-0.2, -0.15) is 0 Å². The van der Waals surface area contributed by atoms with Crippen LogP contribution in [0, 0.1) is 5.41 Å². The van der Waals surface area contributed by atoms with Gasteiger partial charge in [-0.15, -0.1) is 0 Å². The van der Waals surface area contributed by atoms with Crippen LogP contribution in [-0.4, -0.2) is 53.3 Å². The first-order chi connectivity index (χ1) is 13.1. The number of benzene rings is 1. The highest BCUT2D eigenvalue weighted by molar-refractivity contribution is 5.92. The lowest BCUT2D eigenvalue weighted by Crippen LogP contribution is -2.44. The first kappa shape index (κ1) is 17.6. The van der Waals surface area contributed by atoms with Crippen LogP contribution in [-0.2, 0) is 11.3 Å². The zero-order chi connectivity index (χ0) is 18.9. The third kappa shape index (κ3) is 3.56. The van der Waals surface area contributed by atoms with Gasteiger partial charge in [0.15, 0.2) is 0 Å². The fourth-order valence-electron chi connectivity index (χ4n) is 4.27. The number of H-pyrrole nitrogens is 1. The Morgan fingerprint density at radius 3 is 2.74 bits per heavy atom. The molecule has 1 N–H and O–H groups in total. The number of aromatic amines is 1. The van der Waals surface area contributed by atoms with Gasteiger partial charge in [0.1, 0.15) is 11.4 Å². The third-order valence-electron chi connectivity index (χ3n) is 5.85. The summed E-state index contributed by atoms with van der Waals surface area (Å²) in [7, 11) is 1.65. The summed E-state index contributed by atoms with van der Waals surface area (Å²) in [4.78, 5) is 32.0. The van der Waals surface area contributed by atoms with Crippen molar-refractivity contribution in [1.29, 1.82) is 0 Å². The van der Waals surface area contributed by atoms with Gasteiger partial charge in [-0.25, -0.2) is 0 Å². The Kier molecular flexibility index (Phi) is 4.64. The Morgan fingerprint density at radius 1 is 1.22 bits per heavy atom. The molecule has 2 aromatic rings. The molecule has 1 aromatic heterocycles. The van der Waals surface area contributed by atoms with E-state index < -0.39 is 0 Å². The van der Waals surface area contributed by atoms with E-state index in [4.69, 9.17) is 4.74 Å². The highest BCUT2D eigenvalue weighted by Crippen LogP contribution is 2.41. The summed E-state index contributed by atoms with van der Waals surface area (Å²) in [5.41, 5.74) is 1.72. The number of rotatable bonds is 4. The topological polar surface area (TPSA) is 65.6 Å². The minimum absolute atomic E-state index is 0.00245. The van der Waals surface area contributed by atoms with Gasteiger partial charge in [-0.05, 0) is 42.7 Å². The largest absolute Gasteiger partial charge is 0.497 e. The lowest BCUT2D eigenvalue weighted by Gasteiger charge is -2.38. The molecule has 2 aliphatic rings. The number of nitrogens with zero attached hydrogens (tertiary/aromatic N) is 2. The second-order valence-corrected chi connectivity index (χ2v) is 7.65. The molecule has 2 amide bonds. The van der Waals surface area contributed by atoms with E-state index in [0.29, 0.717) is 31.7 Å². The molecule has 0 radical (unpaired) electrons. The number of carbonyl (C=O) groups excluding carboxylic acids is 2. The molecule has 2 aliphatic heterocycles. The first-order valence-electron chi connectivity index (χ1n) is 9.42. The molecule has 0 unspecified atom stereocenters. The predicted molar refractivity (Wildman–Crippen MR) is 101 cm³/mol. The maximum absolute atomic E-state index is 12.6. The van der Waals surface area contributed by atoms with Crippen molar-refractivity contribution in [3.63, 3.8) is 0 Å². The number of likely N-dealkylation sites (tertiary alicyclic amines) is 2. The summed E-state index contributed by atoms with van der Waals surface area (Å²) in [6.45, 7) is 2.80. The van der Waals surface area contributed by atoms with Crippen LogP contribution >= 0.6 is 0 Å². The molecule has 3 heterocycles. The standard InChI is InChI=1S/C21H25N3O3/c1-27-17-5-2-4-16(12-17)14-24-15-21(13-19(24)25)7-10-23(11-8-21)20(26)18-6-3-9-22-18/h2-6,9,12,22H,7-8,10-11,13-15H2,1H3. The van der Waals surface area contributed by atoms with Gasteiger partial charge in [0.25, 0.3) is 5.91 Å². The van der Waals surface area contributed by atoms with E-state index in [2.05, 4.69) is 4.98 Å². The second-order valence-electron chi connectivity index (χ2n) is 7.65. The predicted octanol–water partition coefficient (Wildman–Crippen LogP) is 2.68. The van der Waals surface area contributed by atoms with Crippen molar-refractivity contribution in [2.45, 2.75) is 25.8 Å². The van der Waals surface area contributed by atoms with Crippen LogP contribution in [0.2, 0.25) is 0 Å².